The molecule has 7 nitrogen and oxygen atoms in total. The summed E-state index contributed by atoms with van der Waals surface area (Å²) in [5.74, 6) is 1.50. The fraction of sp³-hybridized carbons (Fsp3) is 0.611. The van der Waals surface area contributed by atoms with Gasteiger partial charge in [0.25, 0.3) is 0 Å². The Morgan fingerprint density at radius 1 is 1.44 bits per heavy atom. The predicted octanol–water partition coefficient (Wildman–Crippen LogP) is 2.95. The van der Waals surface area contributed by atoms with Crippen molar-refractivity contribution in [2.45, 2.75) is 51.2 Å². The van der Waals surface area contributed by atoms with Crippen molar-refractivity contribution in [3.05, 3.63) is 29.2 Å². The van der Waals surface area contributed by atoms with Gasteiger partial charge < -0.3 is 10.1 Å². The molecule has 2 atom stereocenters. The number of anilines is 1. The third-order valence-electron chi connectivity index (χ3n) is 5.21. The zero-order chi connectivity index (χ0) is 17.2. The Kier molecular flexibility index (Phi) is 4.45. The first-order chi connectivity index (χ1) is 12.3. The summed E-state index contributed by atoms with van der Waals surface area (Å²) < 4.78 is 8.09. The largest absolute Gasteiger partial charge is 0.372 e. The fourth-order valence-electron chi connectivity index (χ4n) is 3.72. The van der Waals surface area contributed by atoms with Crippen LogP contribution in [0.2, 0.25) is 0 Å². The number of hydrogen-bond acceptors (Lipinski definition) is 5. The Bertz CT molecular complexity index is 769. The molecule has 25 heavy (non-hydrogen) atoms. The third-order valence-corrected chi connectivity index (χ3v) is 5.21. The summed E-state index contributed by atoms with van der Waals surface area (Å²) in [5.41, 5.74) is 2.80. The number of ether oxygens (including phenoxy) is 1. The minimum atomic E-state index is 0.0380. The van der Waals surface area contributed by atoms with Gasteiger partial charge in [0, 0.05) is 37.7 Å². The monoisotopic (exact) mass is 340 g/mol. The second-order valence-electron chi connectivity index (χ2n) is 6.89. The highest BCUT2D eigenvalue weighted by atomic mass is 16.5. The van der Waals surface area contributed by atoms with Crippen LogP contribution in [0.3, 0.4) is 0 Å². The molecule has 0 unspecified atom stereocenters. The van der Waals surface area contributed by atoms with Gasteiger partial charge in [-0.05, 0) is 38.7 Å². The van der Waals surface area contributed by atoms with E-state index in [9.17, 15) is 5.26 Å². The van der Waals surface area contributed by atoms with Crippen LogP contribution in [0.4, 0.5) is 5.82 Å². The van der Waals surface area contributed by atoms with Crippen molar-refractivity contribution in [3.8, 4) is 6.07 Å². The summed E-state index contributed by atoms with van der Waals surface area (Å²) in [6, 6.07) is 4.36. The summed E-state index contributed by atoms with van der Waals surface area (Å²) in [5, 5.41) is 24.6. The van der Waals surface area contributed by atoms with E-state index < -0.39 is 0 Å². The molecule has 2 aliphatic rings. The Balaban J connectivity index is 1.48. The number of rotatable bonds is 6. The standard InChI is InChI=1S/C18H24N6O/c1-2-24-15(7-8-21-24)17-13(4-3-9-25-17)11-20-18-14(10-19)16(22-23-18)12-5-6-12/h7-8,12-13,17H,2-6,9,11H2,1H3,(H2,20,22,23)/t13-,17+/m0/s1. The molecule has 0 radical (unpaired) electrons. The van der Waals surface area contributed by atoms with Gasteiger partial charge >= 0.3 is 0 Å². The minimum absolute atomic E-state index is 0.0380. The van der Waals surface area contributed by atoms with Crippen LogP contribution >= 0.6 is 0 Å². The lowest BCUT2D eigenvalue weighted by molar-refractivity contribution is -0.0288. The lowest BCUT2D eigenvalue weighted by Gasteiger charge is -2.32. The summed E-state index contributed by atoms with van der Waals surface area (Å²) in [7, 11) is 0. The molecule has 1 aliphatic carbocycles. The highest BCUT2D eigenvalue weighted by molar-refractivity contribution is 5.56. The zero-order valence-corrected chi connectivity index (χ0v) is 14.5. The number of aromatic nitrogens is 4. The number of H-pyrrole nitrogens is 1. The minimum Gasteiger partial charge on any atom is -0.372 e. The lowest BCUT2D eigenvalue weighted by Crippen LogP contribution is -2.30. The van der Waals surface area contributed by atoms with Gasteiger partial charge in [0.15, 0.2) is 5.82 Å². The molecule has 0 amide bonds. The third kappa shape index (κ3) is 3.14. The molecule has 3 heterocycles. The summed E-state index contributed by atoms with van der Waals surface area (Å²) >= 11 is 0. The van der Waals surface area contributed by atoms with Crippen molar-refractivity contribution < 1.29 is 4.74 Å². The average molecular weight is 340 g/mol. The summed E-state index contributed by atoms with van der Waals surface area (Å²) in [4.78, 5) is 0. The maximum Gasteiger partial charge on any atom is 0.166 e. The molecule has 2 aromatic rings. The van der Waals surface area contributed by atoms with Crippen LogP contribution < -0.4 is 5.32 Å². The molecular formula is C18H24N6O. The van der Waals surface area contributed by atoms with Crippen molar-refractivity contribution in [1.82, 2.24) is 20.0 Å². The van der Waals surface area contributed by atoms with Crippen LogP contribution in [0.5, 0.6) is 0 Å². The molecular weight excluding hydrogens is 316 g/mol. The number of hydrogen-bond donors (Lipinski definition) is 2. The van der Waals surface area contributed by atoms with Gasteiger partial charge in [-0.3, -0.25) is 9.78 Å². The second kappa shape index (κ2) is 6.89. The van der Waals surface area contributed by atoms with Crippen LogP contribution in [0.25, 0.3) is 0 Å². The quantitative estimate of drug-likeness (QED) is 0.843. The van der Waals surface area contributed by atoms with E-state index in [1.54, 1.807) is 0 Å². The van der Waals surface area contributed by atoms with Gasteiger partial charge in [-0.15, -0.1) is 0 Å². The van der Waals surface area contributed by atoms with Crippen molar-refractivity contribution in [2.24, 2.45) is 5.92 Å². The molecule has 2 fully saturated rings. The van der Waals surface area contributed by atoms with Gasteiger partial charge in [0.05, 0.1) is 11.4 Å². The normalized spacial score (nSPS) is 23.4. The van der Waals surface area contributed by atoms with Gasteiger partial charge in [-0.2, -0.15) is 15.5 Å². The molecule has 1 saturated heterocycles. The molecule has 132 valence electrons. The molecule has 4 rings (SSSR count). The molecule has 0 bridgehead atoms. The van der Waals surface area contributed by atoms with Crippen molar-refractivity contribution in [3.63, 3.8) is 0 Å². The van der Waals surface area contributed by atoms with E-state index in [2.05, 4.69) is 33.6 Å². The van der Waals surface area contributed by atoms with Gasteiger partial charge in [0.1, 0.15) is 17.7 Å². The van der Waals surface area contributed by atoms with E-state index in [1.807, 2.05) is 16.9 Å². The zero-order valence-electron chi connectivity index (χ0n) is 14.5. The highest BCUT2D eigenvalue weighted by Gasteiger charge is 2.32. The van der Waals surface area contributed by atoms with Gasteiger partial charge in [0.2, 0.25) is 0 Å². The Hall–Kier alpha value is -2.33. The molecule has 1 saturated carbocycles. The maximum atomic E-state index is 9.49. The maximum absolute atomic E-state index is 9.49. The van der Waals surface area contributed by atoms with Gasteiger partial charge in [-0.1, -0.05) is 0 Å². The van der Waals surface area contributed by atoms with E-state index in [0.717, 1.165) is 56.8 Å². The number of nitriles is 1. The molecule has 0 aromatic carbocycles. The first kappa shape index (κ1) is 16.2. The molecule has 2 aromatic heterocycles. The van der Waals surface area contributed by atoms with E-state index in [-0.39, 0.29) is 6.10 Å². The van der Waals surface area contributed by atoms with Crippen LogP contribution in [-0.4, -0.2) is 33.1 Å². The van der Waals surface area contributed by atoms with E-state index in [0.29, 0.717) is 23.2 Å². The van der Waals surface area contributed by atoms with Crippen LogP contribution in [0, 0.1) is 17.2 Å². The van der Waals surface area contributed by atoms with Crippen LogP contribution in [0.1, 0.15) is 61.6 Å². The van der Waals surface area contributed by atoms with Crippen molar-refractivity contribution in [2.75, 3.05) is 18.5 Å². The molecule has 7 heteroatoms. The number of nitrogens with zero attached hydrogens (tertiary/aromatic N) is 4. The summed E-state index contributed by atoms with van der Waals surface area (Å²) in [6.07, 6.45) is 6.32. The number of aryl methyl sites for hydroxylation is 1. The average Bonchev–Trinajstić information content (AvgIpc) is 3.24. The first-order valence-corrected chi connectivity index (χ1v) is 9.17. The van der Waals surface area contributed by atoms with Gasteiger partial charge in [-0.25, -0.2) is 0 Å². The topological polar surface area (TPSA) is 91.5 Å². The number of nitrogens with one attached hydrogen (secondary N) is 2. The van der Waals surface area contributed by atoms with E-state index in [1.165, 1.54) is 0 Å². The Morgan fingerprint density at radius 3 is 3.08 bits per heavy atom. The molecule has 0 spiro atoms. The fourth-order valence-corrected chi connectivity index (χ4v) is 3.72. The molecule has 2 N–H and O–H groups in total. The molecule has 1 aliphatic heterocycles. The van der Waals surface area contributed by atoms with Crippen LogP contribution in [0.15, 0.2) is 12.3 Å². The van der Waals surface area contributed by atoms with E-state index >= 15 is 0 Å². The highest BCUT2D eigenvalue weighted by Crippen LogP contribution is 2.42. The summed E-state index contributed by atoms with van der Waals surface area (Å²) in [6.45, 7) is 4.46. The predicted molar refractivity (Wildman–Crippen MR) is 93.1 cm³/mol. The first-order valence-electron chi connectivity index (χ1n) is 9.17. The number of aromatic amines is 1. The van der Waals surface area contributed by atoms with Crippen molar-refractivity contribution >= 4 is 5.82 Å². The smallest absolute Gasteiger partial charge is 0.166 e. The van der Waals surface area contributed by atoms with Crippen molar-refractivity contribution in [1.29, 1.82) is 5.26 Å². The van der Waals surface area contributed by atoms with E-state index in [4.69, 9.17) is 4.74 Å². The second-order valence-corrected chi connectivity index (χ2v) is 6.89. The van der Waals surface area contributed by atoms with Crippen LogP contribution in [-0.2, 0) is 11.3 Å². The lowest BCUT2D eigenvalue weighted by atomic mass is 9.92. The SMILES string of the molecule is CCn1nccc1[C@@H]1OCCC[C@H]1CNc1n[nH]c(C2CC2)c1C#N. The Morgan fingerprint density at radius 2 is 2.32 bits per heavy atom. The Labute approximate surface area is 147 Å².